The Hall–Kier alpha value is -15.2. The number of hydrogen-bond donors (Lipinski definition) is 0. The topological polar surface area (TPSA) is 53.5 Å². The fraction of sp³-hybridized carbons (Fsp3) is 0.00877. The summed E-state index contributed by atoms with van der Waals surface area (Å²) in [7, 11) is 0. The maximum Gasteiger partial charge on any atom is 0.0915 e. The van der Waals surface area contributed by atoms with Crippen molar-refractivity contribution in [3.8, 4) is 84.2 Å². The highest BCUT2D eigenvalue weighted by molar-refractivity contribution is 7.27. The number of fused-ring (bicyclic) bond motifs is 23. The van der Waals surface area contributed by atoms with Crippen LogP contribution in [0.4, 0.5) is 0 Å². The van der Waals surface area contributed by atoms with Crippen molar-refractivity contribution in [2.45, 2.75) is 6.92 Å². The van der Waals surface area contributed by atoms with E-state index in [0.717, 1.165) is 39.6 Å². The standard InChI is InChI=1S/C46H29NS.C39H24N2S.C29H19N3S/c1-2-12-30(13-3-1)34-27-35(32-16-10-17-33(26-32)38-21-11-15-31-14-4-5-18-37(31)38)29-36(28-34)47-42-22-8-6-20-41(42)45-43(47)25-24-40-39-19-7-9-23-44(39)48-46(40)45;1-2-11-30-26(8-1)22-23-40-38(30)27-18-16-25(17-19-27)28-9-7-10-29(24-28)41-34-14-5-3-12-31(34)32-20-21-36-37(39(32)41)33-13-4-6-15-35(33)42-36;1-18-7-6-16-30-28(18)23-14-12-19(17-31-23)32-24-10-4-2-9-22(24)27-25(32)15-13-21-20-8-3-5-11-26(20)33-29(21)27/h1-29H;1-24H;2-17H,1H3. The van der Waals surface area contributed by atoms with Gasteiger partial charge in [0.2, 0.25) is 0 Å². The number of nitrogens with zero attached hydrogens (tertiary/aromatic N) is 6. The van der Waals surface area contributed by atoms with Gasteiger partial charge in [-0.05, 0) is 188 Å². The minimum atomic E-state index is 0.893. The summed E-state index contributed by atoms with van der Waals surface area (Å²) >= 11 is 5.65. The van der Waals surface area contributed by atoms with Crippen LogP contribution in [0, 0.1) is 6.92 Å². The molecule has 0 saturated carbocycles. The molecule has 0 bridgehead atoms. The van der Waals surface area contributed by atoms with E-state index in [1.807, 2.05) is 58.7 Å². The largest absolute Gasteiger partial charge is 0.309 e. The molecule has 0 atom stereocenters. The number of benzene rings is 17. The SMILES string of the molecule is Cc1cccnc1-c1ccc(-n2c3ccccc3c3c4sc5ccccc5c4ccc32)cn1.c1cc(-c2ccc(-c3nccc4ccccc34)cc2)cc(-n2c3ccccc3c3ccc4sc5ccccc5c4c32)c1.c1ccc(-c2cc(-c3cccc(-c4cccc5ccccc45)c3)cc(-n3c4ccccc4c4c5sc6ccccc6c5ccc43)c2)cc1. The fourth-order valence-corrected chi connectivity index (χ4v) is 22.6. The summed E-state index contributed by atoms with van der Waals surface area (Å²) in [5.41, 5.74) is 25.5. The first-order chi connectivity index (χ1) is 60.9. The minimum Gasteiger partial charge on any atom is -0.309 e. The van der Waals surface area contributed by atoms with E-state index >= 15 is 0 Å². The Morgan fingerprint density at radius 1 is 0.228 bits per heavy atom. The molecule has 0 aliphatic rings. The van der Waals surface area contributed by atoms with Crippen LogP contribution in [-0.4, -0.2) is 28.7 Å². The summed E-state index contributed by atoms with van der Waals surface area (Å²) in [6, 6.07) is 145. The molecule has 0 spiro atoms. The highest BCUT2D eigenvalue weighted by Gasteiger charge is 2.24. The Morgan fingerprint density at radius 2 is 0.715 bits per heavy atom. The molecule has 9 aromatic heterocycles. The molecule has 17 aromatic carbocycles. The van der Waals surface area contributed by atoms with Crippen molar-refractivity contribution in [1.82, 2.24) is 28.7 Å². The fourth-order valence-electron chi connectivity index (χ4n) is 19.0. The van der Waals surface area contributed by atoms with Gasteiger partial charge in [-0.25, -0.2) is 0 Å². The van der Waals surface area contributed by atoms with Crippen LogP contribution < -0.4 is 0 Å². The Morgan fingerprint density at radius 3 is 1.39 bits per heavy atom. The maximum absolute atomic E-state index is 4.80. The Kier molecular flexibility index (Phi) is 17.3. The average Bonchev–Trinajstić information content (AvgIpc) is 1.56. The average molecular weight is 1620 g/mol. The van der Waals surface area contributed by atoms with Crippen molar-refractivity contribution in [2.75, 3.05) is 0 Å². The van der Waals surface area contributed by atoms with Gasteiger partial charge >= 0.3 is 0 Å². The van der Waals surface area contributed by atoms with E-state index in [4.69, 9.17) is 9.97 Å². The van der Waals surface area contributed by atoms with Gasteiger partial charge < -0.3 is 13.7 Å². The predicted octanol–water partition coefficient (Wildman–Crippen LogP) is 32.3. The van der Waals surface area contributed by atoms with E-state index < -0.39 is 0 Å². The molecule has 9 heteroatoms. The van der Waals surface area contributed by atoms with Crippen LogP contribution in [0.25, 0.3) is 232 Å². The second-order valence-corrected chi connectivity index (χ2v) is 34.9. The van der Waals surface area contributed by atoms with E-state index in [1.54, 1.807) is 0 Å². The molecule has 0 radical (unpaired) electrons. The van der Waals surface area contributed by atoms with Crippen molar-refractivity contribution in [3.63, 3.8) is 0 Å². The highest BCUT2D eigenvalue weighted by atomic mass is 32.1. The quantitative estimate of drug-likeness (QED) is 0.145. The summed E-state index contributed by atoms with van der Waals surface area (Å²) in [6.45, 7) is 2.07. The molecule has 0 amide bonds. The number of thiophene rings is 3. The minimum absolute atomic E-state index is 0.893. The summed E-state index contributed by atoms with van der Waals surface area (Å²) < 4.78 is 15.3. The third kappa shape index (κ3) is 12.1. The van der Waals surface area contributed by atoms with E-state index in [1.165, 1.54) is 198 Å². The zero-order valence-corrected chi connectivity index (χ0v) is 69.2. The number of para-hydroxylation sites is 3. The highest BCUT2D eigenvalue weighted by Crippen LogP contribution is 2.49. The van der Waals surface area contributed by atoms with Crippen LogP contribution >= 0.6 is 34.0 Å². The molecule has 0 fully saturated rings. The molecule has 576 valence electrons. The lowest BCUT2D eigenvalue weighted by molar-refractivity contribution is 1.13. The van der Waals surface area contributed by atoms with Gasteiger partial charge in [-0.1, -0.05) is 285 Å². The summed E-state index contributed by atoms with van der Waals surface area (Å²) in [4.78, 5) is 14.0. The summed E-state index contributed by atoms with van der Waals surface area (Å²) in [6.07, 6.45) is 5.68. The third-order valence-electron chi connectivity index (χ3n) is 24.6. The Balaban J connectivity index is 0.000000106. The molecule has 123 heavy (non-hydrogen) atoms. The van der Waals surface area contributed by atoms with Gasteiger partial charge in [0, 0.05) is 128 Å². The van der Waals surface area contributed by atoms with E-state index in [-0.39, 0.29) is 0 Å². The van der Waals surface area contributed by atoms with Crippen LogP contribution in [0.1, 0.15) is 5.56 Å². The summed E-state index contributed by atoms with van der Waals surface area (Å²) in [5, 5.41) is 20.6. The first-order valence-corrected chi connectivity index (χ1v) is 44.1. The first-order valence-electron chi connectivity index (χ1n) is 41.7. The number of pyridine rings is 3. The molecule has 6 nitrogen and oxygen atoms in total. The zero-order chi connectivity index (χ0) is 81.2. The van der Waals surface area contributed by atoms with Crippen LogP contribution in [0.5, 0.6) is 0 Å². The maximum atomic E-state index is 4.80. The molecule has 26 rings (SSSR count). The number of aromatic nitrogens is 6. The van der Waals surface area contributed by atoms with Crippen LogP contribution in [0.2, 0.25) is 0 Å². The monoisotopic (exact) mass is 1620 g/mol. The van der Waals surface area contributed by atoms with E-state index in [9.17, 15) is 0 Å². The lowest BCUT2D eigenvalue weighted by atomic mass is 9.93. The second kappa shape index (κ2) is 29.6. The number of aryl methyl sites for hydroxylation is 1. The Labute approximate surface area is 720 Å². The van der Waals surface area contributed by atoms with Crippen molar-refractivity contribution in [1.29, 1.82) is 0 Å². The number of hydrogen-bond acceptors (Lipinski definition) is 6. The van der Waals surface area contributed by atoms with Crippen LogP contribution in [0.15, 0.2) is 419 Å². The predicted molar refractivity (Wildman–Crippen MR) is 527 cm³/mol. The molecule has 0 aliphatic carbocycles. The molecule has 0 N–H and O–H groups in total. The van der Waals surface area contributed by atoms with Crippen LogP contribution in [-0.2, 0) is 0 Å². The van der Waals surface area contributed by atoms with Gasteiger partial charge in [0.1, 0.15) is 0 Å². The molecular formula is C114H72N6S3. The molecule has 26 aromatic rings. The van der Waals surface area contributed by atoms with Gasteiger partial charge in [-0.3, -0.25) is 15.0 Å². The molecule has 0 aliphatic heterocycles. The van der Waals surface area contributed by atoms with Gasteiger partial charge in [-0.15, -0.1) is 34.0 Å². The van der Waals surface area contributed by atoms with Crippen LogP contribution in [0.3, 0.4) is 0 Å². The normalized spacial score (nSPS) is 11.8. The Bertz CT molecular complexity index is 8710. The summed E-state index contributed by atoms with van der Waals surface area (Å²) in [5.74, 6) is 0. The molecule has 0 unspecified atom stereocenters. The third-order valence-corrected chi connectivity index (χ3v) is 28.2. The second-order valence-electron chi connectivity index (χ2n) is 31.7. The smallest absolute Gasteiger partial charge is 0.0915 e. The van der Waals surface area contributed by atoms with Gasteiger partial charge in [0.05, 0.1) is 62.1 Å². The van der Waals surface area contributed by atoms with Crippen molar-refractivity contribution >= 4 is 181 Å². The lowest BCUT2D eigenvalue weighted by Crippen LogP contribution is -1.96. The van der Waals surface area contributed by atoms with E-state index in [0.29, 0.717) is 0 Å². The van der Waals surface area contributed by atoms with Gasteiger partial charge in [0.15, 0.2) is 0 Å². The first kappa shape index (κ1) is 71.8. The molecular weight excluding hydrogens is 1550 g/mol. The van der Waals surface area contributed by atoms with Crippen molar-refractivity contribution < 1.29 is 0 Å². The van der Waals surface area contributed by atoms with Crippen molar-refractivity contribution in [3.05, 3.63) is 425 Å². The van der Waals surface area contributed by atoms with Gasteiger partial charge in [0.25, 0.3) is 0 Å². The molecule has 9 heterocycles. The van der Waals surface area contributed by atoms with Gasteiger partial charge in [-0.2, -0.15) is 0 Å². The lowest BCUT2D eigenvalue weighted by Gasteiger charge is -2.15. The van der Waals surface area contributed by atoms with Crippen molar-refractivity contribution in [2.24, 2.45) is 0 Å². The molecule has 0 saturated heterocycles. The van der Waals surface area contributed by atoms with E-state index in [2.05, 4.69) is 420 Å². The zero-order valence-electron chi connectivity index (χ0n) is 66.7. The number of rotatable bonds is 9.